The highest BCUT2D eigenvalue weighted by molar-refractivity contribution is 6.34. The third kappa shape index (κ3) is 2.54. The van der Waals surface area contributed by atoms with Crippen LogP contribution in [0.5, 0.6) is 0 Å². The smallest absolute Gasteiger partial charge is 0.171 e. The Morgan fingerprint density at radius 1 is 1.67 bits per heavy atom. The molecule has 1 aromatic carbocycles. The van der Waals surface area contributed by atoms with Crippen LogP contribution in [-0.4, -0.2) is 5.78 Å². The van der Waals surface area contributed by atoms with Gasteiger partial charge in [0.1, 0.15) is 5.82 Å². The zero-order chi connectivity index (χ0) is 11.4. The average Bonchev–Trinajstić information content (AvgIpc) is 2.17. The minimum absolute atomic E-state index is 0.0590. The lowest BCUT2D eigenvalue weighted by atomic mass is 9.96. The van der Waals surface area contributed by atoms with Crippen LogP contribution < -0.4 is 0 Å². The van der Waals surface area contributed by atoms with Gasteiger partial charge in [0, 0.05) is 12.3 Å². The molecule has 78 valence electrons. The fraction of sp³-hybridized carbons (Fsp3) is 0.273. The van der Waals surface area contributed by atoms with Crippen LogP contribution in [0.25, 0.3) is 0 Å². The summed E-state index contributed by atoms with van der Waals surface area (Å²) in [6, 6.07) is 5.94. The van der Waals surface area contributed by atoms with Gasteiger partial charge < -0.3 is 0 Å². The molecule has 0 spiro atoms. The molecule has 1 atom stereocenters. The molecule has 0 amide bonds. The normalized spacial score (nSPS) is 11.9. The maximum Gasteiger partial charge on any atom is 0.171 e. The summed E-state index contributed by atoms with van der Waals surface area (Å²) in [5.41, 5.74) is -0.123. The fourth-order valence-electron chi connectivity index (χ4n) is 1.21. The van der Waals surface area contributed by atoms with Crippen molar-refractivity contribution in [1.82, 2.24) is 0 Å². The Labute approximate surface area is 92.3 Å². The Balaban J connectivity index is 3.07. The number of nitrogens with zero attached hydrogens (tertiary/aromatic N) is 1. The predicted octanol–water partition coefficient (Wildman–Crippen LogP) is 3.21. The van der Waals surface area contributed by atoms with E-state index in [1.807, 2.05) is 6.07 Å². The van der Waals surface area contributed by atoms with Crippen LogP contribution in [0.3, 0.4) is 0 Å². The number of rotatable bonds is 3. The largest absolute Gasteiger partial charge is 0.294 e. The van der Waals surface area contributed by atoms with Crippen molar-refractivity contribution in [3.8, 4) is 6.07 Å². The Morgan fingerprint density at radius 3 is 2.87 bits per heavy atom. The molecule has 0 bridgehead atoms. The van der Waals surface area contributed by atoms with Gasteiger partial charge in [-0.05, 0) is 12.1 Å². The van der Waals surface area contributed by atoms with Gasteiger partial charge in [-0.25, -0.2) is 4.39 Å². The van der Waals surface area contributed by atoms with Crippen LogP contribution in [0, 0.1) is 23.1 Å². The van der Waals surface area contributed by atoms with Crippen LogP contribution in [0.15, 0.2) is 18.2 Å². The van der Waals surface area contributed by atoms with E-state index in [9.17, 15) is 9.18 Å². The number of benzene rings is 1. The van der Waals surface area contributed by atoms with Crippen molar-refractivity contribution in [2.45, 2.75) is 13.3 Å². The van der Waals surface area contributed by atoms with Crippen molar-refractivity contribution in [2.24, 2.45) is 5.92 Å². The van der Waals surface area contributed by atoms with E-state index in [2.05, 4.69) is 0 Å². The van der Waals surface area contributed by atoms with Gasteiger partial charge in [-0.3, -0.25) is 4.79 Å². The summed E-state index contributed by atoms with van der Waals surface area (Å²) in [7, 11) is 0. The molecule has 0 aliphatic heterocycles. The van der Waals surface area contributed by atoms with Gasteiger partial charge in [0.15, 0.2) is 5.78 Å². The monoisotopic (exact) mass is 225 g/mol. The van der Waals surface area contributed by atoms with Crippen LogP contribution >= 0.6 is 11.6 Å². The number of carbonyl (C=O) groups excluding carboxylic acids is 1. The Morgan fingerprint density at radius 2 is 2.33 bits per heavy atom. The summed E-state index contributed by atoms with van der Waals surface area (Å²) >= 11 is 5.72. The minimum Gasteiger partial charge on any atom is -0.294 e. The van der Waals surface area contributed by atoms with Crippen molar-refractivity contribution in [2.75, 3.05) is 0 Å². The molecule has 0 radical (unpaired) electrons. The van der Waals surface area contributed by atoms with Gasteiger partial charge in [0.2, 0.25) is 0 Å². The van der Waals surface area contributed by atoms with Crippen molar-refractivity contribution in [3.63, 3.8) is 0 Å². The maximum atomic E-state index is 13.3. The number of hydrogen-bond acceptors (Lipinski definition) is 2. The molecule has 1 rings (SSSR count). The highest BCUT2D eigenvalue weighted by atomic mass is 35.5. The topological polar surface area (TPSA) is 40.9 Å². The standard InChI is InChI=1S/C11H9ClFNO/c1-7(5-6-14)11(15)10-8(12)3-2-4-9(10)13/h2-4,7H,5H2,1H3. The summed E-state index contributed by atoms with van der Waals surface area (Å²) in [5, 5.41) is 8.53. The second-order valence-electron chi connectivity index (χ2n) is 3.22. The highest BCUT2D eigenvalue weighted by Crippen LogP contribution is 2.23. The van der Waals surface area contributed by atoms with E-state index in [-0.39, 0.29) is 17.0 Å². The van der Waals surface area contributed by atoms with E-state index in [4.69, 9.17) is 16.9 Å². The van der Waals surface area contributed by atoms with E-state index < -0.39 is 17.5 Å². The SMILES string of the molecule is CC(CC#N)C(=O)c1c(F)cccc1Cl. The molecule has 0 N–H and O–H groups in total. The molecule has 1 aromatic rings. The molecular weight excluding hydrogens is 217 g/mol. The molecule has 0 saturated heterocycles. The first kappa shape index (κ1) is 11.7. The number of nitriles is 1. The maximum absolute atomic E-state index is 13.3. The van der Waals surface area contributed by atoms with Crippen molar-refractivity contribution in [3.05, 3.63) is 34.6 Å². The van der Waals surface area contributed by atoms with Gasteiger partial charge in [-0.1, -0.05) is 24.6 Å². The highest BCUT2D eigenvalue weighted by Gasteiger charge is 2.21. The van der Waals surface area contributed by atoms with Gasteiger partial charge in [-0.2, -0.15) is 5.26 Å². The molecular formula is C11H9ClFNO. The Hall–Kier alpha value is -1.40. The van der Waals surface area contributed by atoms with Crippen LogP contribution in [-0.2, 0) is 0 Å². The third-order valence-electron chi connectivity index (χ3n) is 2.05. The lowest BCUT2D eigenvalue weighted by molar-refractivity contribution is 0.0928. The van der Waals surface area contributed by atoms with Gasteiger partial charge >= 0.3 is 0 Å². The minimum atomic E-state index is -0.641. The van der Waals surface area contributed by atoms with E-state index >= 15 is 0 Å². The second-order valence-corrected chi connectivity index (χ2v) is 3.63. The summed E-state index contributed by atoms with van der Waals surface area (Å²) in [6.45, 7) is 1.58. The average molecular weight is 226 g/mol. The Bertz CT molecular complexity index is 405. The van der Waals surface area contributed by atoms with E-state index in [0.29, 0.717) is 0 Å². The zero-order valence-corrected chi connectivity index (χ0v) is 8.88. The van der Waals surface area contributed by atoms with E-state index in [1.54, 1.807) is 6.92 Å². The molecule has 15 heavy (non-hydrogen) atoms. The molecule has 2 nitrogen and oxygen atoms in total. The number of hydrogen-bond donors (Lipinski definition) is 0. The first-order chi connectivity index (χ1) is 7.07. The van der Waals surface area contributed by atoms with Gasteiger partial charge in [0.25, 0.3) is 0 Å². The molecule has 0 fully saturated rings. The van der Waals surface area contributed by atoms with E-state index in [1.165, 1.54) is 18.2 Å². The number of halogens is 2. The number of ketones is 1. The molecule has 0 heterocycles. The van der Waals surface area contributed by atoms with Gasteiger partial charge in [-0.15, -0.1) is 0 Å². The second kappa shape index (κ2) is 4.90. The lowest BCUT2D eigenvalue weighted by Crippen LogP contribution is -2.13. The van der Waals surface area contributed by atoms with Crippen LogP contribution in [0.2, 0.25) is 5.02 Å². The molecule has 0 saturated carbocycles. The summed E-state index contributed by atoms with van der Waals surface area (Å²) in [5.74, 6) is -1.61. The number of carbonyl (C=O) groups is 1. The Kier molecular flexibility index (Phi) is 3.81. The number of Topliss-reactive ketones (excluding diaryl/α,β-unsaturated/α-hetero) is 1. The molecule has 1 unspecified atom stereocenters. The molecule has 4 heteroatoms. The summed E-state index contributed by atoms with van der Waals surface area (Å²) < 4.78 is 13.3. The zero-order valence-electron chi connectivity index (χ0n) is 8.13. The molecule has 0 aliphatic carbocycles. The van der Waals surface area contributed by atoms with Crippen molar-refractivity contribution < 1.29 is 9.18 Å². The van der Waals surface area contributed by atoms with E-state index in [0.717, 1.165) is 0 Å². The van der Waals surface area contributed by atoms with Gasteiger partial charge in [0.05, 0.1) is 16.7 Å². The summed E-state index contributed by atoms with van der Waals surface area (Å²) in [4.78, 5) is 11.7. The third-order valence-corrected chi connectivity index (χ3v) is 2.37. The quantitative estimate of drug-likeness (QED) is 0.741. The lowest BCUT2D eigenvalue weighted by Gasteiger charge is -2.08. The van der Waals surface area contributed by atoms with Crippen molar-refractivity contribution >= 4 is 17.4 Å². The summed E-state index contributed by atoms with van der Waals surface area (Å²) in [6.07, 6.45) is 0.0590. The van der Waals surface area contributed by atoms with Crippen LogP contribution in [0.1, 0.15) is 23.7 Å². The van der Waals surface area contributed by atoms with Crippen LogP contribution in [0.4, 0.5) is 4.39 Å². The molecule has 0 aromatic heterocycles. The van der Waals surface area contributed by atoms with Crippen molar-refractivity contribution in [1.29, 1.82) is 5.26 Å². The predicted molar refractivity (Wildman–Crippen MR) is 55.1 cm³/mol. The fourth-order valence-corrected chi connectivity index (χ4v) is 1.47. The first-order valence-electron chi connectivity index (χ1n) is 4.43. The first-order valence-corrected chi connectivity index (χ1v) is 4.81. The molecule has 0 aliphatic rings.